The lowest BCUT2D eigenvalue weighted by molar-refractivity contribution is 0.627. The number of hydrogen-bond donors (Lipinski definition) is 2. The number of hydrogen-bond acceptors (Lipinski definition) is 2. The summed E-state index contributed by atoms with van der Waals surface area (Å²) in [4.78, 5) is 4.29. The van der Waals surface area contributed by atoms with Crippen molar-refractivity contribution >= 4 is 23.1 Å². The van der Waals surface area contributed by atoms with Gasteiger partial charge in [0.05, 0.1) is 0 Å². The van der Waals surface area contributed by atoms with E-state index in [9.17, 15) is 4.39 Å². The van der Waals surface area contributed by atoms with Crippen LogP contribution in [0, 0.1) is 12.7 Å². The molecule has 1 aromatic heterocycles. The first kappa shape index (κ1) is 13.4. The number of nitrogens with one attached hydrogen (secondary N) is 2. The lowest BCUT2D eigenvalue weighted by atomic mass is 10.2. The molecule has 98 valence electrons. The number of rotatable bonds is 3. The van der Waals surface area contributed by atoms with Crippen LogP contribution < -0.4 is 10.6 Å². The van der Waals surface area contributed by atoms with Gasteiger partial charge in [-0.25, -0.2) is 9.37 Å². The molecule has 0 saturated carbocycles. The third-order valence-electron chi connectivity index (χ3n) is 2.50. The fraction of sp³-hybridized carbons (Fsp3) is 0.143. The second-order valence-corrected chi connectivity index (χ2v) is 4.51. The molecule has 0 aliphatic carbocycles. The van der Waals surface area contributed by atoms with E-state index in [0.717, 1.165) is 11.3 Å². The normalized spacial score (nSPS) is 10.0. The van der Waals surface area contributed by atoms with Gasteiger partial charge in [0.2, 0.25) is 0 Å². The minimum atomic E-state index is -0.242. The fourth-order valence-electron chi connectivity index (χ4n) is 1.56. The van der Waals surface area contributed by atoms with Crippen molar-refractivity contribution in [3.63, 3.8) is 0 Å². The standard InChI is InChI=1S/C14H14FN3S/c1-10-3-2-4-13(17-10)18-14(19)16-9-11-5-7-12(15)8-6-11/h2-8H,9H2,1H3,(H2,16,17,18,19). The summed E-state index contributed by atoms with van der Waals surface area (Å²) < 4.78 is 12.7. The van der Waals surface area contributed by atoms with E-state index in [1.54, 1.807) is 12.1 Å². The van der Waals surface area contributed by atoms with E-state index in [2.05, 4.69) is 15.6 Å². The highest BCUT2D eigenvalue weighted by atomic mass is 32.1. The van der Waals surface area contributed by atoms with Gasteiger partial charge in [0, 0.05) is 12.2 Å². The van der Waals surface area contributed by atoms with Crippen LogP contribution in [0.2, 0.25) is 0 Å². The Morgan fingerprint density at radius 1 is 1.21 bits per heavy atom. The smallest absolute Gasteiger partial charge is 0.172 e. The SMILES string of the molecule is Cc1cccc(NC(=S)NCc2ccc(F)cc2)n1. The maximum absolute atomic E-state index is 12.7. The number of nitrogens with zero attached hydrogens (tertiary/aromatic N) is 1. The third kappa shape index (κ3) is 4.30. The number of pyridine rings is 1. The molecule has 5 heteroatoms. The van der Waals surface area contributed by atoms with Crippen LogP contribution in [-0.4, -0.2) is 10.1 Å². The Morgan fingerprint density at radius 2 is 1.95 bits per heavy atom. The molecule has 0 saturated heterocycles. The van der Waals surface area contributed by atoms with E-state index in [0.29, 0.717) is 17.5 Å². The van der Waals surface area contributed by atoms with Crippen molar-refractivity contribution in [1.82, 2.24) is 10.3 Å². The molecular formula is C14H14FN3S. The molecule has 1 aromatic carbocycles. The summed E-state index contributed by atoms with van der Waals surface area (Å²) in [7, 11) is 0. The van der Waals surface area contributed by atoms with E-state index in [-0.39, 0.29) is 5.82 Å². The lowest BCUT2D eigenvalue weighted by Gasteiger charge is -2.10. The van der Waals surface area contributed by atoms with Crippen LogP contribution >= 0.6 is 12.2 Å². The molecule has 0 atom stereocenters. The van der Waals surface area contributed by atoms with E-state index in [1.807, 2.05) is 25.1 Å². The second kappa shape index (κ2) is 6.24. The van der Waals surface area contributed by atoms with Gasteiger partial charge < -0.3 is 10.6 Å². The molecule has 0 bridgehead atoms. The zero-order chi connectivity index (χ0) is 13.7. The minimum absolute atomic E-state index is 0.242. The monoisotopic (exact) mass is 275 g/mol. The largest absolute Gasteiger partial charge is 0.358 e. The first-order valence-electron chi connectivity index (χ1n) is 5.86. The average Bonchev–Trinajstić information content (AvgIpc) is 2.38. The molecule has 3 nitrogen and oxygen atoms in total. The van der Waals surface area contributed by atoms with Crippen LogP contribution in [0.1, 0.15) is 11.3 Å². The summed E-state index contributed by atoms with van der Waals surface area (Å²) in [6.07, 6.45) is 0. The minimum Gasteiger partial charge on any atom is -0.358 e. The van der Waals surface area contributed by atoms with Crippen LogP contribution in [0.5, 0.6) is 0 Å². The summed E-state index contributed by atoms with van der Waals surface area (Å²) in [5.41, 5.74) is 1.88. The molecular weight excluding hydrogens is 261 g/mol. The highest BCUT2D eigenvalue weighted by Crippen LogP contribution is 2.05. The van der Waals surface area contributed by atoms with Crippen molar-refractivity contribution in [3.05, 3.63) is 59.5 Å². The van der Waals surface area contributed by atoms with Gasteiger partial charge in [-0.05, 0) is 49.0 Å². The zero-order valence-corrected chi connectivity index (χ0v) is 11.3. The van der Waals surface area contributed by atoms with E-state index in [4.69, 9.17) is 12.2 Å². The Bertz CT molecular complexity index is 569. The summed E-state index contributed by atoms with van der Waals surface area (Å²) in [5.74, 6) is 0.463. The van der Waals surface area contributed by atoms with Gasteiger partial charge in [0.25, 0.3) is 0 Å². The van der Waals surface area contributed by atoms with Crippen molar-refractivity contribution < 1.29 is 4.39 Å². The van der Waals surface area contributed by atoms with E-state index < -0.39 is 0 Å². The van der Waals surface area contributed by atoms with Crippen molar-refractivity contribution in [3.8, 4) is 0 Å². The predicted octanol–water partition coefficient (Wildman–Crippen LogP) is 3.02. The first-order chi connectivity index (χ1) is 9.13. The first-order valence-corrected chi connectivity index (χ1v) is 6.27. The van der Waals surface area contributed by atoms with Crippen LogP contribution in [0.25, 0.3) is 0 Å². The van der Waals surface area contributed by atoms with Crippen LogP contribution in [0.4, 0.5) is 10.2 Å². The fourth-order valence-corrected chi connectivity index (χ4v) is 1.73. The number of aryl methyl sites for hydroxylation is 1. The highest BCUT2D eigenvalue weighted by Gasteiger charge is 1.99. The summed E-state index contributed by atoms with van der Waals surface area (Å²) in [6.45, 7) is 2.46. The maximum Gasteiger partial charge on any atom is 0.172 e. The van der Waals surface area contributed by atoms with E-state index in [1.165, 1.54) is 12.1 Å². The number of thiocarbonyl (C=S) groups is 1. The van der Waals surface area contributed by atoms with Gasteiger partial charge in [0.1, 0.15) is 11.6 Å². The predicted molar refractivity (Wildman–Crippen MR) is 78.4 cm³/mol. The summed E-state index contributed by atoms with van der Waals surface area (Å²) in [6, 6.07) is 12.0. The number of halogens is 1. The molecule has 0 unspecified atom stereocenters. The molecule has 2 rings (SSSR count). The Labute approximate surface area is 116 Å². The molecule has 2 aromatic rings. The number of benzene rings is 1. The Balaban J connectivity index is 1.86. The zero-order valence-electron chi connectivity index (χ0n) is 10.5. The Hall–Kier alpha value is -2.01. The van der Waals surface area contributed by atoms with Crippen molar-refractivity contribution in [2.75, 3.05) is 5.32 Å². The van der Waals surface area contributed by atoms with Crippen molar-refractivity contribution in [2.45, 2.75) is 13.5 Å². The second-order valence-electron chi connectivity index (χ2n) is 4.10. The number of aromatic nitrogens is 1. The quantitative estimate of drug-likeness (QED) is 0.844. The van der Waals surface area contributed by atoms with E-state index >= 15 is 0 Å². The van der Waals surface area contributed by atoms with Gasteiger partial charge in [-0.2, -0.15) is 0 Å². The Kier molecular flexibility index (Phi) is 4.41. The van der Waals surface area contributed by atoms with Crippen LogP contribution in [0.3, 0.4) is 0 Å². The molecule has 0 fully saturated rings. The van der Waals surface area contributed by atoms with Crippen molar-refractivity contribution in [2.24, 2.45) is 0 Å². The lowest BCUT2D eigenvalue weighted by Crippen LogP contribution is -2.28. The number of anilines is 1. The third-order valence-corrected chi connectivity index (χ3v) is 2.74. The molecule has 0 aliphatic heterocycles. The maximum atomic E-state index is 12.7. The van der Waals surface area contributed by atoms with Crippen LogP contribution in [-0.2, 0) is 6.54 Å². The van der Waals surface area contributed by atoms with Gasteiger partial charge >= 0.3 is 0 Å². The molecule has 0 spiro atoms. The molecule has 1 heterocycles. The van der Waals surface area contributed by atoms with Gasteiger partial charge in [-0.3, -0.25) is 0 Å². The van der Waals surface area contributed by atoms with Gasteiger partial charge in [-0.15, -0.1) is 0 Å². The van der Waals surface area contributed by atoms with Gasteiger partial charge in [0.15, 0.2) is 5.11 Å². The molecule has 2 N–H and O–H groups in total. The summed E-state index contributed by atoms with van der Waals surface area (Å²) in [5, 5.41) is 6.53. The molecule has 0 amide bonds. The van der Waals surface area contributed by atoms with Crippen molar-refractivity contribution in [1.29, 1.82) is 0 Å². The molecule has 0 radical (unpaired) electrons. The summed E-state index contributed by atoms with van der Waals surface area (Å²) >= 11 is 5.17. The highest BCUT2D eigenvalue weighted by molar-refractivity contribution is 7.80. The molecule has 0 aliphatic rings. The van der Waals surface area contributed by atoms with Gasteiger partial charge in [-0.1, -0.05) is 18.2 Å². The Morgan fingerprint density at radius 3 is 2.63 bits per heavy atom. The van der Waals surface area contributed by atoms with Crippen LogP contribution in [0.15, 0.2) is 42.5 Å². The molecule has 19 heavy (non-hydrogen) atoms. The topological polar surface area (TPSA) is 37.0 Å². The average molecular weight is 275 g/mol.